The van der Waals surface area contributed by atoms with E-state index in [0.29, 0.717) is 24.6 Å². The lowest BCUT2D eigenvalue weighted by Gasteiger charge is -2.35. The summed E-state index contributed by atoms with van der Waals surface area (Å²) in [6.45, 7) is 0.357. The van der Waals surface area contributed by atoms with E-state index in [2.05, 4.69) is 5.32 Å². The molecule has 1 saturated carbocycles. The Morgan fingerprint density at radius 2 is 1.71 bits per heavy atom. The van der Waals surface area contributed by atoms with Gasteiger partial charge in [0, 0.05) is 23.4 Å². The zero-order chi connectivity index (χ0) is 15.5. The summed E-state index contributed by atoms with van der Waals surface area (Å²) in [5, 5.41) is 2.66. The van der Waals surface area contributed by atoms with E-state index in [9.17, 15) is 18.0 Å². The molecule has 1 aliphatic carbocycles. The van der Waals surface area contributed by atoms with Gasteiger partial charge in [-0.3, -0.25) is 4.79 Å². The molecule has 0 bridgehead atoms. The first kappa shape index (κ1) is 16.1. The second kappa shape index (κ2) is 6.69. The average Bonchev–Trinajstić information content (AvgIpc) is 2.50. The van der Waals surface area contributed by atoms with E-state index in [4.69, 9.17) is 11.6 Å². The molecule has 116 valence electrons. The van der Waals surface area contributed by atoms with Crippen LogP contribution in [0.2, 0.25) is 0 Å². The number of benzene rings is 1. The second-order valence-corrected chi connectivity index (χ2v) is 5.90. The molecule has 1 aromatic carbocycles. The van der Waals surface area contributed by atoms with Gasteiger partial charge in [-0.2, -0.15) is 0 Å². The van der Waals surface area contributed by atoms with Crippen LogP contribution >= 0.6 is 11.6 Å². The van der Waals surface area contributed by atoms with E-state index in [1.54, 1.807) is 0 Å². The van der Waals surface area contributed by atoms with E-state index >= 15 is 0 Å². The van der Waals surface area contributed by atoms with Gasteiger partial charge in [-0.15, -0.1) is 11.6 Å². The molecule has 1 aliphatic rings. The Kier molecular flexibility index (Phi) is 5.14. The summed E-state index contributed by atoms with van der Waals surface area (Å²) in [5.74, 6) is -4.51. The van der Waals surface area contributed by atoms with Crippen molar-refractivity contribution in [3.63, 3.8) is 0 Å². The Labute approximate surface area is 126 Å². The number of halogens is 4. The second-order valence-electron chi connectivity index (χ2n) is 5.63. The summed E-state index contributed by atoms with van der Waals surface area (Å²) in [6, 6.07) is 1.39. The van der Waals surface area contributed by atoms with Crippen molar-refractivity contribution in [2.75, 3.05) is 12.4 Å². The molecule has 0 atom stereocenters. The summed E-state index contributed by atoms with van der Waals surface area (Å²) < 4.78 is 39.1. The topological polar surface area (TPSA) is 29.1 Å². The number of carbonyl (C=O) groups is 1. The Morgan fingerprint density at radius 1 is 1.14 bits per heavy atom. The summed E-state index contributed by atoms with van der Waals surface area (Å²) in [7, 11) is 0. The van der Waals surface area contributed by atoms with Crippen LogP contribution in [0, 0.1) is 22.9 Å². The normalized spacial score (nSPS) is 17.5. The SMILES string of the molecule is O=C(NCC1(CCl)CCCCC1)c1cc(F)c(F)c(F)c1. The fraction of sp³-hybridized carbons (Fsp3) is 0.533. The zero-order valence-electron chi connectivity index (χ0n) is 11.5. The van der Waals surface area contributed by atoms with Crippen molar-refractivity contribution in [1.82, 2.24) is 5.32 Å². The number of nitrogens with one attached hydrogen (secondary N) is 1. The Bertz CT molecular complexity index is 507. The minimum Gasteiger partial charge on any atom is -0.351 e. The summed E-state index contributed by atoms with van der Waals surface area (Å²) in [4.78, 5) is 12.0. The molecule has 0 aliphatic heterocycles. The van der Waals surface area contributed by atoms with Crippen LogP contribution in [-0.4, -0.2) is 18.3 Å². The van der Waals surface area contributed by atoms with Gasteiger partial charge in [0.25, 0.3) is 5.91 Å². The van der Waals surface area contributed by atoms with Crippen LogP contribution in [-0.2, 0) is 0 Å². The van der Waals surface area contributed by atoms with E-state index in [-0.39, 0.29) is 11.0 Å². The Morgan fingerprint density at radius 3 is 2.24 bits per heavy atom. The lowest BCUT2D eigenvalue weighted by atomic mass is 9.75. The molecular weight excluding hydrogens is 303 g/mol. The van der Waals surface area contributed by atoms with Gasteiger partial charge in [0.2, 0.25) is 0 Å². The highest BCUT2D eigenvalue weighted by Gasteiger charge is 2.31. The number of hydrogen-bond donors (Lipinski definition) is 1. The van der Waals surface area contributed by atoms with Crippen molar-refractivity contribution < 1.29 is 18.0 Å². The smallest absolute Gasteiger partial charge is 0.251 e. The van der Waals surface area contributed by atoms with Gasteiger partial charge in [-0.25, -0.2) is 13.2 Å². The molecule has 0 aromatic heterocycles. The third-order valence-corrected chi connectivity index (χ3v) is 4.63. The van der Waals surface area contributed by atoms with Crippen LogP contribution < -0.4 is 5.32 Å². The number of hydrogen-bond acceptors (Lipinski definition) is 1. The van der Waals surface area contributed by atoms with Crippen LogP contribution in [0.4, 0.5) is 13.2 Å². The average molecular weight is 320 g/mol. The van der Waals surface area contributed by atoms with E-state index in [0.717, 1.165) is 32.1 Å². The summed E-state index contributed by atoms with van der Waals surface area (Å²) >= 11 is 6.02. The van der Waals surface area contributed by atoms with Crippen molar-refractivity contribution in [2.24, 2.45) is 5.41 Å². The third kappa shape index (κ3) is 3.70. The zero-order valence-corrected chi connectivity index (χ0v) is 12.3. The lowest BCUT2D eigenvalue weighted by Crippen LogP contribution is -2.40. The van der Waals surface area contributed by atoms with Crippen molar-refractivity contribution in [1.29, 1.82) is 0 Å². The van der Waals surface area contributed by atoms with Crippen molar-refractivity contribution in [3.05, 3.63) is 35.1 Å². The number of amides is 1. The predicted molar refractivity (Wildman–Crippen MR) is 74.9 cm³/mol. The quantitative estimate of drug-likeness (QED) is 0.659. The molecule has 0 heterocycles. The highest BCUT2D eigenvalue weighted by atomic mass is 35.5. The summed E-state index contributed by atoms with van der Waals surface area (Å²) in [6.07, 6.45) is 5.11. The lowest BCUT2D eigenvalue weighted by molar-refractivity contribution is 0.0919. The molecular formula is C15H17ClF3NO. The standard InChI is InChI=1S/C15H17ClF3NO/c16-8-15(4-2-1-3-5-15)9-20-14(21)10-6-11(17)13(19)12(18)7-10/h6-7H,1-5,8-9H2,(H,20,21). The molecule has 1 aromatic rings. The molecule has 0 saturated heterocycles. The maximum atomic E-state index is 13.1. The maximum Gasteiger partial charge on any atom is 0.251 e. The molecule has 1 fully saturated rings. The van der Waals surface area contributed by atoms with E-state index in [1.165, 1.54) is 0 Å². The number of carbonyl (C=O) groups excluding carboxylic acids is 1. The van der Waals surface area contributed by atoms with Gasteiger partial charge in [-0.1, -0.05) is 19.3 Å². The highest BCUT2D eigenvalue weighted by Crippen LogP contribution is 2.36. The van der Waals surface area contributed by atoms with E-state index < -0.39 is 23.4 Å². The van der Waals surface area contributed by atoms with Gasteiger partial charge < -0.3 is 5.32 Å². The first-order chi connectivity index (χ1) is 9.97. The van der Waals surface area contributed by atoms with Gasteiger partial charge in [0.15, 0.2) is 17.5 Å². The maximum absolute atomic E-state index is 13.1. The van der Waals surface area contributed by atoms with Crippen LogP contribution in [0.15, 0.2) is 12.1 Å². The van der Waals surface area contributed by atoms with Crippen LogP contribution in [0.5, 0.6) is 0 Å². The molecule has 0 radical (unpaired) electrons. The van der Waals surface area contributed by atoms with Crippen molar-refractivity contribution in [3.8, 4) is 0 Å². The minimum absolute atomic E-state index is 0.160. The van der Waals surface area contributed by atoms with Crippen LogP contribution in [0.3, 0.4) is 0 Å². The van der Waals surface area contributed by atoms with E-state index in [1.807, 2.05) is 0 Å². The predicted octanol–water partition coefficient (Wildman–Crippen LogP) is 4.02. The molecule has 1 N–H and O–H groups in total. The minimum atomic E-state index is -1.57. The monoisotopic (exact) mass is 319 g/mol. The Balaban J connectivity index is 2.04. The molecule has 0 spiro atoms. The first-order valence-electron chi connectivity index (χ1n) is 6.96. The van der Waals surface area contributed by atoms with Gasteiger partial charge in [0.05, 0.1) is 0 Å². The number of rotatable bonds is 4. The fourth-order valence-corrected chi connectivity index (χ4v) is 3.08. The van der Waals surface area contributed by atoms with Crippen LogP contribution in [0.1, 0.15) is 42.5 Å². The van der Waals surface area contributed by atoms with Gasteiger partial charge >= 0.3 is 0 Å². The molecule has 2 nitrogen and oxygen atoms in total. The highest BCUT2D eigenvalue weighted by molar-refractivity contribution is 6.18. The Hall–Kier alpha value is -1.23. The van der Waals surface area contributed by atoms with Crippen molar-refractivity contribution >= 4 is 17.5 Å². The molecule has 1 amide bonds. The van der Waals surface area contributed by atoms with Crippen LogP contribution in [0.25, 0.3) is 0 Å². The van der Waals surface area contributed by atoms with Gasteiger partial charge in [0.1, 0.15) is 0 Å². The molecule has 21 heavy (non-hydrogen) atoms. The summed E-state index contributed by atoms with van der Waals surface area (Å²) in [5.41, 5.74) is -0.390. The van der Waals surface area contributed by atoms with Crippen molar-refractivity contribution in [2.45, 2.75) is 32.1 Å². The number of alkyl halides is 1. The van der Waals surface area contributed by atoms with Gasteiger partial charge in [-0.05, 0) is 25.0 Å². The third-order valence-electron chi connectivity index (χ3n) is 4.07. The first-order valence-corrected chi connectivity index (χ1v) is 7.50. The molecule has 6 heteroatoms. The largest absolute Gasteiger partial charge is 0.351 e. The fourth-order valence-electron chi connectivity index (χ4n) is 2.72. The molecule has 0 unspecified atom stereocenters. The molecule has 2 rings (SSSR count).